The summed E-state index contributed by atoms with van der Waals surface area (Å²) in [6, 6.07) is 11.3. The van der Waals surface area contributed by atoms with Crippen molar-refractivity contribution in [1.29, 1.82) is 0 Å². The first kappa shape index (κ1) is 15.0. The Morgan fingerprint density at radius 2 is 1.91 bits per heavy atom. The van der Waals surface area contributed by atoms with Crippen molar-refractivity contribution in [2.45, 2.75) is 26.4 Å². The molecule has 118 valence electrons. The molecule has 0 aliphatic carbocycles. The van der Waals surface area contributed by atoms with Gasteiger partial charge in [-0.2, -0.15) is 15.0 Å². The molecule has 0 fully saturated rings. The number of amides is 1. The maximum absolute atomic E-state index is 12.6. The summed E-state index contributed by atoms with van der Waals surface area (Å²) in [6.45, 7) is 4.07. The van der Waals surface area contributed by atoms with E-state index in [2.05, 4.69) is 15.5 Å². The molecule has 6 nitrogen and oxygen atoms in total. The summed E-state index contributed by atoms with van der Waals surface area (Å²) in [7, 11) is 0. The molecule has 6 heteroatoms. The summed E-state index contributed by atoms with van der Waals surface area (Å²) >= 11 is 0. The van der Waals surface area contributed by atoms with Crippen LogP contribution in [-0.4, -0.2) is 20.9 Å². The van der Waals surface area contributed by atoms with Crippen LogP contribution in [0.5, 0.6) is 0 Å². The Kier molecular flexibility index (Phi) is 4.23. The number of nitrogens with zero attached hydrogens (tertiary/aromatic N) is 3. The van der Waals surface area contributed by atoms with Crippen LogP contribution in [0.25, 0.3) is 0 Å². The van der Waals surface area contributed by atoms with Gasteiger partial charge in [-0.15, -0.1) is 0 Å². The number of rotatable bonds is 5. The lowest BCUT2D eigenvalue weighted by atomic mass is 10.1. The number of furan rings is 1. The lowest BCUT2D eigenvalue weighted by Crippen LogP contribution is -2.32. The highest BCUT2D eigenvalue weighted by atomic mass is 16.3. The third-order valence-corrected chi connectivity index (χ3v) is 3.61. The van der Waals surface area contributed by atoms with E-state index < -0.39 is 0 Å². The Balaban J connectivity index is 1.83. The van der Waals surface area contributed by atoms with Gasteiger partial charge in [-0.25, -0.2) is 0 Å². The summed E-state index contributed by atoms with van der Waals surface area (Å²) in [4.78, 5) is 14.1. The summed E-state index contributed by atoms with van der Waals surface area (Å²) in [5.41, 5.74) is 1.55. The van der Waals surface area contributed by atoms with E-state index in [-0.39, 0.29) is 11.9 Å². The molecule has 0 aliphatic rings. The number of hydrogen-bond acceptors (Lipinski definition) is 4. The fraction of sp³-hybridized carbons (Fsp3) is 0.235. The first-order valence-corrected chi connectivity index (χ1v) is 7.40. The molecule has 1 atom stereocenters. The Labute approximate surface area is 134 Å². The molecular formula is C17H18N4O2. The number of hydrogen-bond donors (Lipinski definition) is 1. The molecule has 0 saturated heterocycles. The minimum Gasteiger partial charge on any atom is -0.466 e. The van der Waals surface area contributed by atoms with E-state index in [1.165, 1.54) is 0 Å². The number of benzene rings is 1. The average Bonchev–Trinajstić information content (AvgIpc) is 3.17. The van der Waals surface area contributed by atoms with E-state index in [4.69, 9.17) is 4.42 Å². The van der Waals surface area contributed by atoms with E-state index >= 15 is 0 Å². The number of nitrogens with one attached hydrogen (secondary N) is 1. The zero-order valence-corrected chi connectivity index (χ0v) is 13.1. The Morgan fingerprint density at radius 1 is 1.22 bits per heavy atom. The number of carbonyl (C=O) groups excluding carboxylic acids is 1. The van der Waals surface area contributed by atoms with Gasteiger partial charge in [0, 0.05) is 0 Å². The van der Waals surface area contributed by atoms with Crippen molar-refractivity contribution in [1.82, 2.24) is 20.3 Å². The fourth-order valence-electron chi connectivity index (χ4n) is 2.51. The molecule has 1 N–H and O–H groups in total. The van der Waals surface area contributed by atoms with Gasteiger partial charge in [0.1, 0.15) is 11.5 Å². The molecule has 3 rings (SSSR count). The lowest BCUT2D eigenvalue weighted by Gasteiger charge is -2.18. The van der Waals surface area contributed by atoms with Crippen LogP contribution in [0.4, 0.5) is 0 Å². The Bertz CT molecular complexity index is 778. The van der Waals surface area contributed by atoms with Gasteiger partial charge in [0.25, 0.3) is 5.91 Å². The third kappa shape index (κ3) is 3.48. The van der Waals surface area contributed by atoms with E-state index in [1.807, 2.05) is 37.3 Å². The summed E-state index contributed by atoms with van der Waals surface area (Å²) in [5, 5.41) is 11.3. The standard InChI is InChI=1S/C17H18N4O2/c1-12-10-15(13(2)23-12)17(22)20-16(11-21-18-8-9-19-21)14-6-4-3-5-7-14/h3-10,16H,11H2,1-2H3,(H,20,22). The van der Waals surface area contributed by atoms with Crippen LogP contribution in [0.1, 0.15) is 33.5 Å². The largest absolute Gasteiger partial charge is 0.466 e. The molecule has 2 aromatic heterocycles. The van der Waals surface area contributed by atoms with Crippen molar-refractivity contribution < 1.29 is 9.21 Å². The molecule has 1 aromatic carbocycles. The minimum absolute atomic E-state index is 0.166. The topological polar surface area (TPSA) is 73.0 Å². The van der Waals surface area contributed by atoms with Gasteiger partial charge in [-0.05, 0) is 25.5 Å². The van der Waals surface area contributed by atoms with Crippen LogP contribution >= 0.6 is 0 Å². The predicted octanol–water partition coefficient (Wildman–Crippen LogP) is 2.66. The van der Waals surface area contributed by atoms with E-state index in [9.17, 15) is 4.79 Å². The van der Waals surface area contributed by atoms with Crippen LogP contribution in [0, 0.1) is 13.8 Å². The monoisotopic (exact) mass is 310 g/mol. The maximum atomic E-state index is 12.6. The lowest BCUT2D eigenvalue weighted by molar-refractivity contribution is 0.0929. The van der Waals surface area contributed by atoms with Crippen molar-refractivity contribution in [3.05, 3.63) is 71.4 Å². The second-order valence-corrected chi connectivity index (χ2v) is 5.35. The Morgan fingerprint density at radius 3 is 2.52 bits per heavy atom. The van der Waals surface area contributed by atoms with E-state index in [0.717, 1.165) is 11.3 Å². The molecule has 0 radical (unpaired) electrons. The van der Waals surface area contributed by atoms with Crippen LogP contribution in [0.2, 0.25) is 0 Å². The van der Waals surface area contributed by atoms with Crippen LogP contribution in [-0.2, 0) is 6.54 Å². The molecule has 1 amide bonds. The molecule has 0 bridgehead atoms. The van der Waals surface area contributed by atoms with Gasteiger partial charge in [0.15, 0.2) is 0 Å². The average molecular weight is 310 g/mol. The quantitative estimate of drug-likeness (QED) is 0.786. The van der Waals surface area contributed by atoms with E-state index in [0.29, 0.717) is 17.9 Å². The highest BCUT2D eigenvalue weighted by molar-refractivity contribution is 5.95. The van der Waals surface area contributed by atoms with Gasteiger partial charge >= 0.3 is 0 Å². The molecule has 0 spiro atoms. The van der Waals surface area contributed by atoms with Gasteiger partial charge < -0.3 is 9.73 Å². The fourth-order valence-corrected chi connectivity index (χ4v) is 2.51. The maximum Gasteiger partial charge on any atom is 0.255 e. The van der Waals surface area contributed by atoms with Gasteiger partial charge in [0.05, 0.1) is 30.5 Å². The second-order valence-electron chi connectivity index (χ2n) is 5.35. The first-order chi connectivity index (χ1) is 11.1. The first-order valence-electron chi connectivity index (χ1n) is 7.40. The van der Waals surface area contributed by atoms with Crippen LogP contribution in [0.15, 0.2) is 53.2 Å². The minimum atomic E-state index is -0.231. The second kappa shape index (κ2) is 6.48. The third-order valence-electron chi connectivity index (χ3n) is 3.61. The van der Waals surface area contributed by atoms with Crippen LogP contribution in [0.3, 0.4) is 0 Å². The highest BCUT2D eigenvalue weighted by Gasteiger charge is 2.20. The van der Waals surface area contributed by atoms with Crippen molar-refractivity contribution in [3.8, 4) is 0 Å². The molecule has 3 aromatic rings. The van der Waals surface area contributed by atoms with Crippen molar-refractivity contribution in [3.63, 3.8) is 0 Å². The number of carbonyl (C=O) groups is 1. The van der Waals surface area contributed by atoms with Gasteiger partial charge in [-0.1, -0.05) is 30.3 Å². The van der Waals surface area contributed by atoms with Crippen LogP contribution < -0.4 is 5.32 Å². The molecule has 1 unspecified atom stereocenters. The van der Waals surface area contributed by atoms with Crippen molar-refractivity contribution >= 4 is 5.91 Å². The SMILES string of the molecule is Cc1cc(C(=O)NC(Cn2nccn2)c2ccccc2)c(C)o1. The Hall–Kier alpha value is -2.89. The zero-order valence-electron chi connectivity index (χ0n) is 13.1. The normalized spacial score (nSPS) is 12.1. The van der Waals surface area contributed by atoms with Gasteiger partial charge in [0.2, 0.25) is 0 Å². The summed E-state index contributed by atoms with van der Waals surface area (Å²) in [5.74, 6) is 1.17. The predicted molar refractivity (Wildman–Crippen MR) is 84.9 cm³/mol. The summed E-state index contributed by atoms with van der Waals surface area (Å²) < 4.78 is 5.44. The van der Waals surface area contributed by atoms with Gasteiger partial charge in [-0.3, -0.25) is 4.79 Å². The molecule has 23 heavy (non-hydrogen) atoms. The summed E-state index contributed by atoms with van der Waals surface area (Å²) in [6.07, 6.45) is 3.24. The number of aromatic nitrogens is 3. The molecule has 0 saturated carbocycles. The smallest absolute Gasteiger partial charge is 0.255 e. The van der Waals surface area contributed by atoms with E-state index in [1.54, 1.807) is 30.2 Å². The molecular weight excluding hydrogens is 292 g/mol. The highest BCUT2D eigenvalue weighted by Crippen LogP contribution is 2.18. The zero-order chi connectivity index (χ0) is 16.2. The van der Waals surface area contributed by atoms with Crippen molar-refractivity contribution in [2.75, 3.05) is 0 Å². The molecule has 0 aliphatic heterocycles. The van der Waals surface area contributed by atoms with Crippen molar-refractivity contribution in [2.24, 2.45) is 0 Å². The molecule has 2 heterocycles. The number of aryl methyl sites for hydroxylation is 2.